The molecule has 2 bridgehead atoms. The van der Waals surface area contributed by atoms with Crippen molar-refractivity contribution in [3.05, 3.63) is 78.3 Å². The lowest BCUT2D eigenvalue weighted by atomic mass is 9.81. The Kier molecular flexibility index (Phi) is 2.95. The molecule has 0 amide bonds. The van der Waals surface area contributed by atoms with Crippen LogP contribution in [-0.2, 0) is 12.0 Å². The molecule has 0 radical (unpaired) electrons. The zero-order chi connectivity index (χ0) is 17.0. The van der Waals surface area contributed by atoms with Gasteiger partial charge in [-0.05, 0) is 36.6 Å². The first-order valence-electron chi connectivity index (χ1n) is 8.47. The molecule has 124 valence electrons. The van der Waals surface area contributed by atoms with E-state index in [4.69, 9.17) is 0 Å². The Morgan fingerprint density at radius 1 is 1.28 bits per heavy atom. The molecular weight excluding hydrogens is 315 g/mol. The highest BCUT2D eigenvalue weighted by molar-refractivity contribution is 5.64. The number of benzene rings is 1. The van der Waals surface area contributed by atoms with Crippen LogP contribution in [0.25, 0.3) is 11.3 Å². The van der Waals surface area contributed by atoms with Gasteiger partial charge in [0.15, 0.2) is 0 Å². The van der Waals surface area contributed by atoms with Crippen LogP contribution in [0, 0.1) is 5.82 Å². The molecule has 2 aliphatic rings. The highest BCUT2D eigenvalue weighted by Crippen LogP contribution is 2.60. The summed E-state index contributed by atoms with van der Waals surface area (Å²) in [5.41, 5.74) is 4.27. The second-order valence-corrected chi connectivity index (χ2v) is 6.95. The first-order valence-corrected chi connectivity index (χ1v) is 8.47. The minimum atomic E-state index is -0.271. The van der Waals surface area contributed by atoms with Gasteiger partial charge >= 0.3 is 0 Å². The maximum absolute atomic E-state index is 14.1. The molecule has 0 saturated heterocycles. The van der Waals surface area contributed by atoms with Crippen molar-refractivity contribution in [3.63, 3.8) is 0 Å². The normalized spacial score (nSPS) is 23.9. The van der Waals surface area contributed by atoms with E-state index in [0.717, 1.165) is 30.6 Å². The lowest BCUT2D eigenvalue weighted by molar-refractivity contribution is 0.415. The molecule has 3 aromatic rings. The van der Waals surface area contributed by atoms with E-state index in [1.165, 1.54) is 11.6 Å². The summed E-state index contributed by atoms with van der Waals surface area (Å²) < 4.78 is 16.2. The zero-order valence-electron chi connectivity index (χ0n) is 13.7. The lowest BCUT2D eigenvalue weighted by Crippen LogP contribution is -2.29. The lowest BCUT2D eigenvalue weighted by Gasteiger charge is -2.28. The SMILES string of the molecule is C=C1[C@@H]2CC[C@@]1(Cn1ccnc1)c1nnc(-c3ccccc3F)cc12. The Labute approximate surface area is 145 Å². The zero-order valence-corrected chi connectivity index (χ0v) is 13.7. The smallest absolute Gasteiger partial charge is 0.132 e. The first kappa shape index (κ1) is 14.5. The van der Waals surface area contributed by atoms with Gasteiger partial charge in [0.25, 0.3) is 0 Å². The maximum Gasteiger partial charge on any atom is 0.132 e. The maximum atomic E-state index is 14.1. The minimum absolute atomic E-state index is 0.179. The molecule has 2 atom stereocenters. The molecule has 5 rings (SSSR count). The highest BCUT2D eigenvalue weighted by atomic mass is 19.1. The number of imidazole rings is 1. The fourth-order valence-electron chi connectivity index (χ4n) is 4.46. The van der Waals surface area contributed by atoms with Crippen LogP contribution < -0.4 is 0 Å². The molecule has 2 aromatic heterocycles. The average molecular weight is 332 g/mol. The van der Waals surface area contributed by atoms with Crippen LogP contribution in [0.2, 0.25) is 0 Å². The average Bonchev–Trinajstić information content (AvgIpc) is 3.30. The van der Waals surface area contributed by atoms with Crippen molar-refractivity contribution in [2.75, 3.05) is 0 Å². The summed E-state index contributed by atoms with van der Waals surface area (Å²) in [6.07, 6.45) is 7.66. The molecule has 5 heteroatoms. The summed E-state index contributed by atoms with van der Waals surface area (Å²) in [7, 11) is 0. The van der Waals surface area contributed by atoms with Crippen LogP contribution in [0.1, 0.15) is 30.0 Å². The molecule has 0 N–H and O–H groups in total. The summed E-state index contributed by atoms with van der Waals surface area (Å²) in [4.78, 5) is 4.14. The molecule has 2 heterocycles. The van der Waals surface area contributed by atoms with E-state index in [1.807, 2.05) is 24.7 Å². The van der Waals surface area contributed by atoms with Crippen molar-refractivity contribution in [3.8, 4) is 11.3 Å². The van der Waals surface area contributed by atoms with Crippen molar-refractivity contribution in [1.82, 2.24) is 19.7 Å². The Balaban J connectivity index is 1.62. The van der Waals surface area contributed by atoms with Gasteiger partial charge in [0.1, 0.15) is 5.82 Å². The number of halogens is 1. The van der Waals surface area contributed by atoms with Gasteiger partial charge < -0.3 is 4.57 Å². The van der Waals surface area contributed by atoms with Crippen molar-refractivity contribution in [2.45, 2.75) is 30.7 Å². The van der Waals surface area contributed by atoms with Crippen LogP contribution >= 0.6 is 0 Å². The largest absolute Gasteiger partial charge is 0.336 e. The molecule has 1 fully saturated rings. The number of hydrogen-bond donors (Lipinski definition) is 0. The van der Waals surface area contributed by atoms with Crippen LogP contribution in [0.4, 0.5) is 4.39 Å². The van der Waals surface area contributed by atoms with E-state index in [-0.39, 0.29) is 11.2 Å². The molecule has 1 saturated carbocycles. The molecule has 0 spiro atoms. The summed E-state index contributed by atoms with van der Waals surface area (Å²) in [6.45, 7) is 5.17. The number of allylic oxidation sites excluding steroid dienone is 1. The van der Waals surface area contributed by atoms with E-state index in [1.54, 1.807) is 18.3 Å². The van der Waals surface area contributed by atoms with Crippen LogP contribution in [0.5, 0.6) is 0 Å². The van der Waals surface area contributed by atoms with Gasteiger partial charge in [0, 0.05) is 30.4 Å². The van der Waals surface area contributed by atoms with Crippen molar-refractivity contribution in [2.24, 2.45) is 0 Å². The molecule has 0 unspecified atom stereocenters. The summed E-state index contributed by atoms with van der Waals surface area (Å²) in [5, 5.41) is 8.90. The van der Waals surface area contributed by atoms with E-state index < -0.39 is 0 Å². The summed E-state index contributed by atoms with van der Waals surface area (Å²) in [6, 6.07) is 8.71. The third kappa shape index (κ3) is 1.95. The standard InChI is InChI=1S/C20H17FN4/c1-13-14-6-7-20(13,11-25-9-8-22-12-25)19-16(14)10-18(23-24-19)15-4-2-3-5-17(15)21/h2-5,8-10,12,14H,1,6-7,11H2/t14-,20-/m0/s1. The van der Waals surface area contributed by atoms with Crippen molar-refractivity contribution < 1.29 is 4.39 Å². The molecule has 1 aromatic carbocycles. The van der Waals surface area contributed by atoms with Gasteiger partial charge in [0.05, 0.1) is 23.1 Å². The van der Waals surface area contributed by atoms with Gasteiger partial charge in [-0.25, -0.2) is 9.37 Å². The topological polar surface area (TPSA) is 43.6 Å². The molecule has 25 heavy (non-hydrogen) atoms. The fourth-order valence-corrected chi connectivity index (χ4v) is 4.46. The Hall–Kier alpha value is -2.82. The van der Waals surface area contributed by atoms with E-state index in [2.05, 4.69) is 26.3 Å². The third-order valence-corrected chi connectivity index (χ3v) is 5.71. The second kappa shape index (κ2) is 5.09. The monoisotopic (exact) mass is 332 g/mol. The quantitative estimate of drug-likeness (QED) is 0.684. The predicted octanol–water partition coefficient (Wildman–Crippen LogP) is 3.86. The molecule has 0 aliphatic heterocycles. The van der Waals surface area contributed by atoms with Gasteiger partial charge in [-0.1, -0.05) is 24.3 Å². The Bertz CT molecular complexity index is 979. The minimum Gasteiger partial charge on any atom is -0.336 e. The van der Waals surface area contributed by atoms with E-state index in [9.17, 15) is 4.39 Å². The summed E-state index contributed by atoms with van der Waals surface area (Å²) >= 11 is 0. The highest BCUT2D eigenvalue weighted by Gasteiger charge is 2.54. The van der Waals surface area contributed by atoms with E-state index in [0.29, 0.717) is 17.2 Å². The predicted molar refractivity (Wildman–Crippen MR) is 92.4 cm³/mol. The number of hydrogen-bond acceptors (Lipinski definition) is 3. The third-order valence-electron chi connectivity index (χ3n) is 5.71. The number of nitrogens with zero attached hydrogens (tertiary/aromatic N) is 4. The first-order chi connectivity index (χ1) is 12.2. The van der Waals surface area contributed by atoms with Crippen molar-refractivity contribution in [1.29, 1.82) is 0 Å². The van der Waals surface area contributed by atoms with Crippen LogP contribution in [0.15, 0.2) is 61.2 Å². The Morgan fingerprint density at radius 3 is 2.96 bits per heavy atom. The van der Waals surface area contributed by atoms with Crippen LogP contribution in [0.3, 0.4) is 0 Å². The molecule has 4 nitrogen and oxygen atoms in total. The molecular formula is C20H17FN4. The van der Waals surface area contributed by atoms with Gasteiger partial charge in [0.2, 0.25) is 0 Å². The summed E-state index contributed by atoms with van der Waals surface area (Å²) in [5.74, 6) is 0.0198. The Morgan fingerprint density at radius 2 is 2.16 bits per heavy atom. The van der Waals surface area contributed by atoms with Gasteiger partial charge in [-0.3, -0.25) is 0 Å². The van der Waals surface area contributed by atoms with Gasteiger partial charge in [-0.15, -0.1) is 0 Å². The van der Waals surface area contributed by atoms with Crippen molar-refractivity contribution >= 4 is 0 Å². The second-order valence-electron chi connectivity index (χ2n) is 6.95. The molecule has 2 aliphatic carbocycles. The van der Waals surface area contributed by atoms with Crippen LogP contribution in [-0.4, -0.2) is 19.7 Å². The number of rotatable bonds is 3. The van der Waals surface area contributed by atoms with Gasteiger partial charge in [-0.2, -0.15) is 10.2 Å². The number of fused-ring (bicyclic) bond motifs is 5. The number of aromatic nitrogens is 4. The van der Waals surface area contributed by atoms with E-state index >= 15 is 0 Å². The fraction of sp³-hybridized carbons (Fsp3) is 0.250.